The fourth-order valence-electron chi connectivity index (χ4n) is 2.39. The summed E-state index contributed by atoms with van der Waals surface area (Å²) in [6.07, 6.45) is 1.11. The van der Waals surface area contributed by atoms with E-state index in [2.05, 4.69) is 5.10 Å². The summed E-state index contributed by atoms with van der Waals surface area (Å²) >= 11 is 0. The number of ether oxygens (including phenoxy) is 1. The molecule has 0 radical (unpaired) electrons. The first-order chi connectivity index (χ1) is 10.1. The van der Waals surface area contributed by atoms with E-state index in [-0.39, 0.29) is 24.5 Å². The smallest absolute Gasteiger partial charge is 0.327 e. The maximum atomic E-state index is 11.5. The molecular weight excluding hydrogens is 274 g/mol. The van der Waals surface area contributed by atoms with Crippen LogP contribution in [0, 0.1) is 11.3 Å². The molecule has 0 aromatic carbocycles. The third-order valence-electron chi connectivity index (χ3n) is 3.37. The Balaban J connectivity index is 2.25. The number of piperidine rings is 1. The summed E-state index contributed by atoms with van der Waals surface area (Å²) in [5, 5.41) is 23.2. The van der Waals surface area contributed by atoms with Crippen molar-refractivity contribution in [3.8, 4) is 6.07 Å². The number of rotatable bonds is 4. The molecule has 3 N–H and O–H groups in total. The maximum Gasteiger partial charge on any atom is 0.327 e. The molecule has 2 heterocycles. The van der Waals surface area contributed by atoms with Crippen LogP contribution >= 0.6 is 0 Å². The lowest BCUT2D eigenvalue weighted by Gasteiger charge is -2.30. The Hall–Kier alpha value is -2.27. The minimum Gasteiger partial charge on any atom is -0.465 e. The number of nitrogens with zero attached hydrogens (tertiary/aromatic N) is 4. The minimum atomic E-state index is -0.457. The number of aliphatic hydroxyl groups excluding tert-OH is 1. The maximum absolute atomic E-state index is 11.5. The Labute approximate surface area is 122 Å². The fourth-order valence-corrected chi connectivity index (χ4v) is 2.39. The zero-order valence-electron chi connectivity index (χ0n) is 11.9. The van der Waals surface area contributed by atoms with Crippen LogP contribution in [0.3, 0.4) is 0 Å². The Morgan fingerprint density at radius 2 is 2.43 bits per heavy atom. The number of hydrogen-bond donors (Lipinski definition) is 2. The van der Waals surface area contributed by atoms with Gasteiger partial charge in [0.05, 0.1) is 12.7 Å². The van der Waals surface area contributed by atoms with Gasteiger partial charge in [0, 0.05) is 13.1 Å². The van der Waals surface area contributed by atoms with Crippen molar-refractivity contribution in [3.05, 3.63) is 5.56 Å². The molecule has 1 fully saturated rings. The molecule has 0 spiro atoms. The van der Waals surface area contributed by atoms with Crippen LogP contribution in [-0.2, 0) is 16.1 Å². The Morgan fingerprint density at radius 1 is 1.67 bits per heavy atom. The third-order valence-corrected chi connectivity index (χ3v) is 3.37. The van der Waals surface area contributed by atoms with Gasteiger partial charge in [0.15, 0.2) is 5.82 Å². The Morgan fingerprint density at radius 3 is 3.05 bits per heavy atom. The Kier molecular flexibility index (Phi) is 4.65. The van der Waals surface area contributed by atoms with Crippen molar-refractivity contribution in [2.24, 2.45) is 0 Å². The van der Waals surface area contributed by atoms with Crippen molar-refractivity contribution in [2.45, 2.75) is 32.4 Å². The van der Waals surface area contributed by atoms with Gasteiger partial charge in [0.1, 0.15) is 24.0 Å². The average molecular weight is 293 g/mol. The van der Waals surface area contributed by atoms with E-state index in [4.69, 9.17) is 10.5 Å². The molecule has 21 heavy (non-hydrogen) atoms. The standard InChI is InChI=1S/C13H19N5O3/c1-2-21-11(20)8-18-12(15)10(6-14)13(16-18)17-5-3-4-9(19)7-17/h9,19H,2-5,7-8,15H2,1H3. The van der Waals surface area contributed by atoms with Crippen molar-refractivity contribution in [2.75, 3.05) is 30.3 Å². The van der Waals surface area contributed by atoms with Crippen molar-refractivity contribution in [1.82, 2.24) is 9.78 Å². The van der Waals surface area contributed by atoms with Gasteiger partial charge in [-0.25, -0.2) is 4.68 Å². The van der Waals surface area contributed by atoms with Crippen LogP contribution < -0.4 is 10.6 Å². The fraction of sp³-hybridized carbons (Fsp3) is 0.615. The van der Waals surface area contributed by atoms with Crippen LogP contribution in [0.4, 0.5) is 11.6 Å². The van der Waals surface area contributed by atoms with Gasteiger partial charge in [0.2, 0.25) is 0 Å². The molecule has 1 atom stereocenters. The molecule has 1 aliphatic heterocycles. The molecule has 0 amide bonds. The van der Waals surface area contributed by atoms with E-state index in [1.54, 1.807) is 6.92 Å². The molecule has 0 aliphatic carbocycles. The summed E-state index contributed by atoms with van der Waals surface area (Å²) in [6.45, 7) is 2.96. The van der Waals surface area contributed by atoms with Crippen molar-refractivity contribution < 1.29 is 14.6 Å². The molecule has 1 aromatic rings. The summed E-state index contributed by atoms with van der Waals surface area (Å²) in [5.41, 5.74) is 6.11. The number of aromatic nitrogens is 2. The van der Waals surface area contributed by atoms with E-state index in [0.717, 1.165) is 12.8 Å². The second-order valence-electron chi connectivity index (χ2n) is 4.90. The number of aliphatic hydroxyl groups is 1. The minimum absolute atomic E-state index is 0.134. The molecule has 2 rings (SSSR count). The van der Waals surface area contributed by atoms with Gasteiger partial charge in [-0.15, -0.1) is 0 Å². The van der Waals surface area contributed by atoms with Gasteiger partial charge in [-0.3, -0.25) is 4.79 Å². The highest BCUT2D eigenvalue weighted by atomic mass is 16.5. The highest BCUT2D eigenvalue weighted by Gasteiger charge is 2.26. The van der Waals surface area contributed by atoms with Gasteiger partial charge < -0.3 is 20.5 Å². The summed E-state index contributed by atoms with van der Waals surface area (Å²) in [5.74, 6) is 0.0973. The van der Waals surface area contributed by atoms with Crippen LogP contribution in [-0.4, -0.2) is 46.7 Å². The van der Waals surface area contributed by atoms with E-state index < -0.39 is 12.1 Å². The van der Waals surface area contributed by atoms with E-state index in [1.165, 1.54) is 4.68 Å². The van der Waals surface area contributed by atoms with E-state index >= 15 is 0 Å². The predicted molar refractivity (Wildman–Crippen MR) is 75.4 cm³/mol. The third kappa shape index (κ3) is 3.25. The van der Waals surface area contributed by atoms with Crippen molar-refractivity contribution in [3.63, 3.8) is 0 Å². The van der Waals surface area contributed by atoms with Crippen LogP contribution in [0.15, 0.2) is 0 Å². The predicted octanol–water partition coefficient (Wildman–Crippen LogP) is -0.139. The second-order valence-corrected chi connectivity index (χ2v) is 4.90. The number of anilines is 2. The molecule has 1 saturated heterocycles. The summed E-state index contributed by atoms with van der Waals surface area (Å²) < 4.78 is 6.12. The van der Waals surface area contributed by atoms with Gasteiger partial charge in [-0.1, -0.05) is 0 Å². The number of carbonyl (C=O) groups is 1. The van der Waals surface area contributed by atoms with Gasteiger partial charge in [-0.2, -0.15) is 10.4 Å². The highest BCUT2D eigenvalue weighted by Crippen LogP contribution is 2.27. The molecule has 8 nitrogen and oxygen atoms in total. The molecule has 0 bridgehead atoms. The summed E-state index contributed by atoms with van der Waals surface area (Å²) in [7, 11) is 0. The lowest BCUT2D eigenvalue weighted by Crippen LogP contribution is -2.38. The zero-order chi connectivity index (χ0) is 15.4. The molecule has 8 heteroatoms. The summed E-state index contributed by atoms with van der Waals surface area (Å²) in [4.78, 5) is 13.4. The zero-order valence-corrected chi connectivity index (χ0v) is 11.9. The quantitative estimate of drug-likeness (QED) is 0.742. The monoisotopic (exact) mass is 293 g/mol. The molecule has 114 valence electrons. The number of nitrogens with two attached hydrogens (primary N) is 1. The van der Waals surface area contributed by atoms with E-state index in [1.807, 2.05) is 11.0 Å². The molecule has 1 aromatic heterocycles. The van der Waals surface area contributed by atoms with E-state index in [0.29, 0.717) is 18.9 Å². The van der Waals surface area contributed by atoms with Crippen LogP contribution in [0.25, 0.3) is 0 Å². The van der Waals surface area contributed by atoms with Crippen LogP contribution in [0.5, 0.6) is 0 Å². The summed E-state index contributed by atoms with van der Waals surface area (Å²) in [6, 6.07) is 2.02. The largest absolute Gasteiger partial charge is 0.465 e. The molecule has 1 aliphatic rings. The molecule has 0 saturated carbocycles. The van der Waals surface area contributed by atoms with Gasteiger partial charge >= 0.3 is 5.97 Å². The normalized spacial score (nSPS) is 18.3. The number of nitrogen functional groups attached to an aromatic ring is 1. The highest BCUT2D eigenvalue weighted by molar-refractivity contribution is 5.72. The SMILES string of the molecule is CCOC(=O)Cn1nc(N2CCCC(O)C2)c(C#N)c1N. The average Bonchev–Trinajstić information content (AvgIpc) is 2.75. The van der Waals surface area contributed by atoms with E-state index in [9.17, 15) is 15.2 Å². The second kappa shape index (κ2) is 6.45. The lowest BCUT2D eigenvalue weighted by molar-refractivity contribution is -0.143. The van der Waals surface area contributed by atoms with Gasteiger partial charge in [0.25, 0.3) is 0 Å². The number of esters is 1. The Bertz CT molecular complexity index is 563. The van der Waals surface area contributed by atoms with Crippen LogP contribution in [0.2, 0.25) is 0 Å². The first-order valence-electron chi connectivity index (χ1n) is 6.91. The number of hydrogen-bond acceptors (Lipinski definition) is 7. The van der Waals surface area contributed by atoms with Crippen molar-refractivity contribution in [1.29, 1.82) is 5.26 Å². The molecule has 1 unspecified atom stereocenters. The van der Waals surface area contributed by atoms with Gasteiger partial charge in [-0.05, 0) is 19.8 Å². The number of carbonyl (C=O) groups excluding carboxylic acids is 1. The first-order valence-corrected chi connectivity index (χ1v) is 6.91. The number of β-amino-alcohol motifs (C(OH)–C–C–N with tert-alkyl or cyclic N) is 1. The molecular formula is C13H19N5O3. The van der Waals surface area contributed by atoms with Crippen LogP contribution in [0.1, 0.15) is 25.3 Å². The number of nitriles is 1. The topological polar surface area (TPSA) is 117 Å². The lowest BCUT2D eigenvalue weighted by atomic mass is 10.1. The van der Waals surface area contributed by atoms with Crippen molar-refractivity contribution >= 4 is 17.6 Å². The first kappa shape index (κ1) is 15.1.